The first-order valence-corrected chi connectivity index (χ1v) is 15.7. The van der Waals surface area contributed by atoms with E-state index in [-0.39, 0.29) is 51.7 Å². The number of carbonyl (C=O) groups is 4. The summed E-state index contributed by atoms with van der Waals surface area (Å²) in [4.78, 5) is 55.3. The SMILES string of the molecule is O=C(NC(=NCCC[C@H](NC(=O)OCc1ccccc1)C(=O)NCc1ccccc1)NC(=O)OCc1ccccc1)OCc1ccccc1. The second-order valence-electron chi connectivity index (χ2n) is 10.7. The molecule has 0 saturated carbocycles. The van der Waals surface area contributed by atoms with Gasteiger partial charge in [-0.1, -0.05) is 121 Å². The molecule has 0 fully saturated rings. The number of benzene rings is 4. The van der Waals surface area contributed by atoms with Gasteiger partial charge in [-0.25, -0.2) is 14.4 Å². The predicted octanol–water partition coefficient (Wildman–Crippen LogP) is 5.59. The van der Waals surface area contributed by atoms with Crippen molar-refractivity contribution in [3.05, 3.63) is 144 Å². The van der Waals surface area contributed by atoms with Crippen molar-refractivity contribution < 1.29 is 33.4 Å². The molecule has 1 atom stereocenters. The number of aliphatic imine (C=N–C) groups is 1. The lowest BCUT2D eigenvalue weighted by Gasteiger charge is -2.18. The predicted molar refractivity (Wildman–Crippen MR) is 183 cm³/mol. The van der Waals surface area contributed by atoms with Crippen molar-refractivity contribution in [2.45, 2.75) is 45.2 Å². The fraction of sp³-hybridized carbons (Fsp3) is 0.216. The molecule has 0 radical (unpaired) electrons. The fourth-order valence-corrected chi connectivity index (χ4v) is 4.39. The third-order valence-corrected chi connectivity index (χ3v) is 6.92. The van der Waals surface area contributed by atoms with E-state index in [4.69, 9.17) is 14.2 Å². The molecule has 0 spiro atoms. The maximum Gasteiger partial charge on any atom is 0.414 e. The first-order chi connectivity index (χ1) is 23.9. The summed E-state index contributed by atoms with van der Waals surface area (Å²) in [7, 11) is 0. The van der Waals surface area contributed by atoms with Gasteiger partial charge in [-0.2, -0.15) is 0 Å². The van der Waals surface area contributed by atoms with Gasteiger partial charge in [-0.15, -0.1) is 0 Å². The van der Waals surface area contributed by atoms with Gasteiger partial charge in [0.25, 0.3) is 0 Å². The van der Waals surface area contributed by atoms with Gasteiger partial charge in [0.15, 0.2) is 0 Å². The van der Waals surface area contributed by atoms with Crippen LogP contribution in [0.2, 0.25) is 0 Å². The molecular formula is C37H39N5O7. The van der Waals surface area contributed by atoms with Crippen molar-refractivity contribution >= 4 is 30.1 Å². The monoisotopic (exact) mass is 665 g/mol. The molecule has 4 aromatic rings. The Hall–Kier alpha value is -6.17. The van der Waals surface area contributed by atoms with Gasteiger partial charge >= 0.3 is 18.3 Å². The van der Waals surface area contributed by atoms with E-state index in [1.165, 1.54) is 0 Å². The Kier molecular flexibility index (Phi) is 14.7. The fourth-order valence-electron chi connectivity index (χ4n) is 4.39. The van der Waals surface area contributed by atoms with Crippen molar-refractivity contribution in [2.24, 2.45) is 4.99 Å². The van der Waals surface area contributed by atoms with Crippen LogP contribution in [0.3, 0.4) is 0 Å². The van der Waals surface area contributed by atoms with E-state index in [0.717, 1.165) is 22.3 Å². The normalized spacial score (nSPS) is 10.9. The van der Waals surface area contributed by atoms with E-state index < -0.39 is 30.2 Å². The number of ether oxygens (including phenoxy) is 3. The topological polar surface area (TPSA) is 156 Å². The minimum atomic E-state index is -0.946. The number of rotatable bonds is 14. The summed E-state index contributed by atoms with van der Waals surface area (Å²) in [6, 6.07) is 35.8. The highest BCUT2D eigenvalue weighted by molar-refractivity contribution is 6.01. The largest absolute Gasteiger partial charge is 0.445 e. The number of alkyl carbamates (subject to hydrolysis) is 3. The Morgan fingerprint density at radius 2 is 0.959 bits per heavy atom. The van der Waals surface area contributed by atoms with E-state index in [1.54, 1.807) is 24.3 Å². The van der Waals surface area contributed by atoms with Gasteiger partial charge in [0.05, 0.1) is 0 Å². The van der Waals surface area contributed by atoms with E-state index in [0.29, 0.717) is 0 Å². The van der Waals surface area contributed by atoms with Crippen molar-refractivity contribution in [1.82, 2.24) is 21.3 Å². The van der Waals surface area contributed by atoms with E-state index in [1.807, 2.05) is 97.1 Å². The summed E-state index contributed by atoms with van der Waals surface area (Å²) >= 11 is 0. The maximum absolute atomic E-state index is 13.2. The number of guanidine groups is 1. The number of nitrogens with zero attached hydrogens (tertiary/aromatic N) is 1. The first kappa shape index (κ1) is 35.7. The lowest BCUT2D eigenvalue weighted by atomic mass is 10.1. The molecule has 0 bridgehead atoms. The highest BCUT2D eigenvalue weighted by Crippen LogP contribution is 2.06. The van der Waals surface area contributed by atoms with Crippen molar-refractivity contribution in [3.8, 4) is 0 Å². The summed E-state index contributed by atoms with van der Waals surface area (Å²) in [6.45, 7) is 0.380. The van der Waals surface area contributed by atoms with Crippen LogP contribution in [0.4, 0.5) is 14.4 Å². The zero-order chi connectivity index (χ0) is 34.5. The summed E-state index contributed by atoms with van der Waals surface area (Å²) in [6.07, 6.45) is -1.97. The minimum Gasteiger partial charge on any atom is -0.445 e. The molecule has 49 heavy (non-hydrogen) atoms. The van der Waals surface area contributed by atoms with Gasteiger partial charge < -0.3 is 24.8 Å². The smallest absolute Gasteiger partial charge is 0.414 e. The molecule has 0 saturated heterocycles. The molecule has 0 aliphatic heterocycles. The van der Waals surface area contributed by atoms with E-state index in [2.05, 4.69) is 26.3 Å². The Labute approximate surface area is 284 Å². The molecule has 0 aliphatic rings. The molecule has 0 unspecified atom stereocenters. The minimum absolute atomic E-state index is 0.00419. The molecule has 12 heteroatoms. The Morgan fingerprint density at radius 3 is 1.41 bits per heavy atom. The zero-order valence-electron chi connectivity index (χ0n) is 26.9. The Bertz CT molecular complexity index is 1580. The molecule has 4 rings (SSSR count). The van der Waals surface area contributed by atoms with Crippen LogP contribution < -0.4 is 21.3 Å². The van der Waals surface area contributed by atoms with Crippen LogP contribution in [-0.2, 0) is 45.4 Å². The van der Waals surface area contributed by atoms with Crippen molar-refractivity contribution in [2.75, 3.05) is 6.54 Å². The summed E-state index contributed by atoms with van der Waals surface area (Å²) in [5.74, 6) is -0.605. The standard InChI is InChI=1S/C37H39N5O7/c43-33(39-24-28-14-5-1-6-15-28)32(40-35(44)47-25-29-16-7-2-8-17-29)22-13-23-38-34(41-36(45)48-26-30-18-9-3-10-19-30)42-37(46)49-27-31-20-11-4-12-21-31/h1-12,14-21,32H,13,22-27H2,(H,39,43)(H,40,44)(H2,38,41,42,45,46)/t32-/m0/s1. The first-order valence-electron chi connectivity index (χ1n) is 15.7. The molecule has 0 aromatic heterocycles. The summed E-state index contributed by atoms with van der Waals surface area (Å²) in [5.41, 5.74) is 3.25. The van der Waals surface area contributed by atoms with Crippen LogP contribution in [0.15, 0.2) is 126 Å². The van der Waals surface area contributed by atoms with Gasteiger partial charge in [-0.3, -0.25) is 20.4 Å². The molecule has 4 amide bonds. The van der Waals surface area contributed by atoms with Crippen LogP contribution in [0.25, 0.3) is 0 Å². The highest BCUT2D eigenvalue weighted by Gasteiger charge is 2.21. The number of carbonyl (C=O) groups excluding carboxylic acids is 4. The number of hydrogen-bond acceptors (Lipinski definition) is 8. The average molecular weight is 666 g/mol. The quantitative estimate of drug-likeness (QED) is 0.0592. The number of amides is 4. The Balaban J connectivity index is 1.36. The zero-order valence-corrected chi connectivity index (χ0v) is 26.9. The number of hydrogen-bond donors (Lipinski definition) is 4. The highest BCUT2D eigenvalue weighted by atomic mass is 16.6. The van der Waals surface area contributed by atoms with Gasteiger partial charge in [0.1, 0.15) is 25.9 Å². The van der Waals surface area contributed by atoms with Gasteiger partial charge in [-0.05, 0) is 35.1 Å². The molecule has 0 heterocycles. The van der Waals surface area contributed by atoms with Crippen molar-refractivity contribution in [1.29, 1.82) is 0 Å². The molecular weight excluding hydrogens is 626 g/mol. The molecule has 12 nitrogen and oxygen atoms in total. The van der Waals surface area contributed by atoms with Crippen LogP contribution in [0.1, 0.15) is 35.1 Å². The van der Waals surface area contributed by atoms with Gasteiger partial charge in [0, 0.05) is 13.1 Å². The lowest BCUT2D eigenvalue weighted by molar-refractivity contribution is -0.123. The van der Waals surface area contributed by atoms with Crippen LogP contribution in [-0.4, -0.2) is 42.7 Å². The third kappa shape index (κ3) is 14.0. The maximum atomic E-state index is 13.2. The molecule has 4 N–H and O–H groups in total. The number of nitrogens with one attached hydrogen (secondary N) is 4. The van der Waals surface area contributed by atoms with Crippen LogP contribution in [0.5, 0.6) is 0 Å². The average Bonchev–Trinajstić information content (AvgIpc) is 3.14. The molecule has 0 aliphatic carbocycles. The van der Waals surface area contributed by atoms with E-state index >= 15 is 0 Å². The second-order valence-corrected chi connectivity index (χ2v) is 10.7. The van der Waals surface area contributed by atoms with Crippen LogP contribution in [0, 0.1) is 0 Å². The van der Waals surface area contributed by atoms with Crippen molar-refractivity contribution in [3.63, 3.8) is 0 Å². The molecule has 4 aromatic carbocycles. The lowest BCUT2D eigenvalue weighted by Crippen LogP contribution is -2.47. The Morgan fingerprint density at radius 1 is 0.551 bits per heavy atom. The summed E-state index contributed by atoms with van der Waals surface area (Å²) in [5, 5.41) is 10.4. The summed E-state index contributed by atoms with van der Waals surface area (Å²) < 4.78 is 15.9. The van der Waals surface area contributed by atoms with Crippen LogP contribution >= 0.6 is 0 Å². The molecule has 254 valence electrons. The van der Waals surface area contributed by atoms with Gasteiger partial charge in [0.2, 0.25) is 11.9 Å². The second kappa shape index (κ2) is 20.1. The third-order valence-electron chi connectivity index (χ3n) is 6.92. The van der Waals surface area contributed by atoms with E-state index in [9.17, 15) is 19.2 Å².